The summed E-state index contributed by atoms with van der Waals surface area (Å²) in [6.07, 6.45) is 1.58. The first-order chi connectivity index (χ1) is 4.70. The van der Waals surface area contributed by atoms with E-state index >= 15 is 0 Å². The molecule has 10 heavy (non-hydrogen) atoms. The minimum atomic E-state index is 0.818. The van der Waals surface area contributed by atoms with E-state index < -0.39 is 0 Å². The van der Waals surface area contributed by atoms with Crippen LogP contribution >= 0.6 is 11.3 Å². The molecule has 1 rings (SSSR count). The molecule has 0 radical (unpaired) electrons. The first-order valence-corrected chi connectivity index (χ1v) is 3.87. The van der Waals surface area contributed by atoms with Gasteiger partial charge in [-0.2, -0.15) is 0 Å². The number of hydroxylamine groups is 1. The van der Waals surface area contributed by atoms with Gasteiger partial charge in [0.05, 0.1) is 4.88 Å². The Kier molecular flexibility index (Phi) is 2.06. The Bertz CT molecular complexity index is 248. The second kappa shape index (κ2) is 2.84. The van der Waals surface area contributed by atoms with E-state index in [1.54, 1.807) is 17.6 Å². The van der Waals surface area contributed by atoms with E-state index in [1.807, 2.05) is 18.4 Å². The van der Waals surface area contributed by atoms with Gasteiger partial charge in [-0.25, -0.2) is 4.74 Å². The van der Waals surface area contributed by atoms with Crippen molar-refractivity contribution < 1.29 is 4.74 Å². The zero-order valence-electron chi connectivity index (χ0n) is 6.00. The largest absolute Gasteiger partial charge is 0.624 e. The molecule has 54 valence electrons. The first kappa shape index (κ1) is 7.28. The van der Waals surface area contributed by atoms with Crippen molar-refractivity contribution >= 4 is 17.6 Å². The molecule has 0 aliphatic rings. The van der Waals surface area contributed by atoms with Gasteiger partial charge in [0.1, 0.15) is 7.05 Å². The Balaban J connectivity index is 2.95. The van der Waals surface area contributed by atoms with Crippen LogP contribution in [0.4, 0.5) is 0 Å². The maximum atomic E-state index is 10.5. The highest BCUT2D eigenvalue weighted by Gasteiger charge is 1.97. The maximum absolute atomic E-state index is 10.5. The van der Waals surface area contributed by atoms with Crippen molar-refractivity contribution in [3.63, 3.8) is 0 Å². The molecule has 0 saturated carbocycles. The zero-order chi connectivity index (χ0) is 7.56. The van der Waals surface area contributed by atoms with Crippen molar-refractivity contribution in [2.75, 3.05) is 7.05 Å². The van der Waals surface area contributed by atoms with Crippen LogP contribution in [0.5, 0.6) is 0 Å². The van der Waals surface area contributed by atoms with E-state index in [2.05, 4.69) is 0 Å². The number of rotatable bonds is 1. The van der Waals surface area contributed by atoms with E-state index in [4.69, 9.17) is 0 Å². The fourth-order valence-corrected chi connectivity index (χ4v) is 1.56. The molecule has 0 amide bonds. The van der Waals surface area contributed by atoms with Gasteiger partial charge in [-0.3, -0.25) is 0 Å². The van der Waals surface area contributed by atoms with Crippen LogP contribution in [-0.4, -0.2) is 18.0 Å². The molecule has 3 heteroatoms. The van der Waals surface area contributed by atoms with Crippen molar-refractivity contribution in [1.29, 1.82) is 0 Å². The van der Waals surface area contributed by atoms with Crippen LogP contribution in [0.2, 0.25) is 0 Å². The summed E-state index contributed by atoms with van der Waals surface area (Å²) in [5, 5.41) is 12.5. The van der Waals surface area contributed by atoms with E-state index in [0.29, 0.717) is 0 Å². The van der Waals surface area contributed by atoms with Crippen LogP contribution in [0, 0.1) is 12.1 Å². The second-order valence-corrected chi connectivity index (χ2v) is 3.09. The van der Waals surface area contributed by atoms with E-state index in [1.165, 1.54) is 7.05 Å². The van der Waals surface area contributed by atoms with Gasteiger partial charge in [0.15, 0.2) is 6.21 Å². The van der Waals surface area contributed by atoms with E-state index in [9.17, 15) is 5.21 Å². The lowest BCUT2D eigenvalue weighted by Gasteiger charge is -1.92. The van der Waals surface area contributed by atoms with E-state index in [0.717, 1.165) is 15.2 Å². The summed E-state index contributed by atoms with van der Waals surface area (Å²) in [7, 11) is 1.49. The minimum absolute atomic E-state index is 0.818. The molecular formula is C7H9NOS. The topological polar surface area (TPSA) is 26.1 Å². The molecule has 0 aliphatic heterocycles. The molecule has 0 saturated heterocycles. The molecule has 1 aromatic rings. The van der Waals surface area contributed by atoms with Crippen molar-refractivity contribution in [3.8, 4) is 0 Å². The molecule has 2 nitrogen and oxygen atoms in total. The van der Waals surface area contributed by atoms with Crippen LogP contribution in [0.25, 0.3) is 0 Å². The molecule has 0 aromatic carbocycles. The lowest BCUT2D eigenvalue weighted by Crippen LogP contribution is -1.96. The van der Waals surface area contributed by atoms with Crippen molar-refractivity contribution in [2.24, 2.45) is 0 Å². The SMILES string of the molecule is Cc1ccsc1C=[N+](C)[O-]. The Morgan fingerprint density at radius 2 is 2.40 bits per heavy atom. The molecule has 0 aliphatic carbocycles. The fraction of sp³-hybridized carbons (Fsp3) is 0.286. The standard InChI is InChI=1S/C7H9NOS/c1-6-3-4-10-7(6)5-8(2)9/h3-5H,1-2H3. The highest BCUT2D eigenvalue weighted by atomic mass is 32.1. The van der Waals surface area contributed by atoms with Crippen molar-refractivity contribution in [3.05, 3.63) is 27.1 Å². The van der Waals surface area contributed by atoms with Crippen molar-refractivity contribution in [1.82, 2.24) is 0 Å². The van der Waals surface area contributed by atoms with Gasteiger partial charge in [0, 0.05) is 0 Å². The van der Waals surface area contributed by atoms with Gasteiger partial charge in [0.2, 0.25) is 0 Å². The number of thiophene rings is 1. The Hall–Kier alpha value is -0.830. The molecule has 0 spiro atoms. The number of hydrogen-bond acceptors (Lipinski definition) is 2. The Morgan fingerprint density at radius 1 is 1.70 bits per heavy atom. The summed E-state index contributed by atoms with van der Waals surface area (Å²) >= 11 is 1.58. The third kappa shape index (κ3) is 1.57. The molecule has 0 unspecified atom stereocenters. The van der Waals surface area contributed by atoms with Crippen LogP contribution in [0.1, 0.15) is 10.4 Å². The number of aryl methyl sites for hydroxylation is 1. The predicted octanol–water partition coefficient (Wildman–Crippen LogP) is 1.62. The van der Waals surface area contributed by atoms with Crippen molar-refractivity contribution in [2.45, 2.75) is 6.92 Å². The molecule has 0 fully saturated rings. The summed E-state index contributed by atoms with van der Waals surface area (Å²) in [5.74, 6) is 0. The van der Waals surface area contributed by atoms with Gasteiger partial charge in [0.25, 0.3) is 0 Å². The normalized spacial score (nSPS) is 12.0. The minimum Gasteiger partial charge on any atom is -0.624 e. The van der Waals surface area contributed by atoms with E-state index in [-0.39, 0.29) is 0 Å². The number of hydrogen-bond donors (Lipinski definition) is 0. The smallest absolute Gasteiger partial charge is 0.191 e. The molecule has 0 atom stereocenters. The van der Waals surface area contributed by atoms with Gasteiger partial charge >= 0.3 is 0 Å². The molecule has 0 bridgehead atoms. The highest BCUT2D eigenvalue weighted by molar-refractivity contribution is 7.11. The average Bonchev–Trinajstić information content (AvgIpc) is 2.15. The highest BCUT2D eigenvalue weighted by Crippen LogP contribution is 2.11. The molecule has 1 aromatic heterocycles. The average molecular weight is 155 g/mol. The summed E-state index contributed by atoms with van der Waals surface area (Å²) in [5.41, 5.74) is 1.16. The van der Waals surface area contributed by atoms with Gasteiger partial charge in [-0.05, 0) is 23.9 Å². The first-order valence-electron chi connectivity index (χ1n) is 2.99. The molecule has 1 heterocycles. The number of nitrogens with zero attached hydrogens (tertiary/aromatic N) is 1. The molecular weight excluding hydrogens is 146 g/mol. The third-order valence-electron chi connectivity index (χ3n) is 1.20. The van der Waals surface area contributed by atoms with Crippen LogP contribution in [0.15, 0.2) is 11.4 Å². The zero-order valence-corrected chi connectivity index (χ0v) is 6.81. The summed E-state index contributed by atoms with van der Waals surface area (Å²) in [6.45, 7) is 1.99. The third-order valence-corrected chi connectivity index (χ3v) is 2.15. The summed E-state index contributed by atoms with van der Waals surface area (Å²) < 4.78 is 0.818. The quantitative estimate of drug-likeness (QED) is 0.262. The predicted molar refractivity (Wildman–Crippen MR) is 43.8 cm³/mol. The monoisotopic (exact) mass is 155 g/mol. The van der Waals surface area contributed by atoms with Gasteiger partial charge in [-0.15, -0.1) is 11.3 Å². The van der Waals surface area contributed by atoms with Gasteiger partial charge < -0.3 is 5.21 Å². The summed E-state index contributed by atoms with van der Waals surface area (Å²) in [4.78, 5) is 1.04. The molecule has 0 N–H and O–H groups in total. The van der Waals surface area contributed by atoms with Crippen LogP contribution in [0.3, 0.4) is 0 Å². The fourth-order valence-electron chi connectivity index (χ4n) is 0.682. The summed E-state index contributed by atoms with van der Waals surface area (Å²) in [6, 6.07) is 2.00. The Labute approximate surface area is 64.0 Å². The van der Waals surface area contributed by atoms with Crippen LogP contribution < -0.4 is 0 Å². The van der Waals surface area contributed by atoms with Crippen LogP contribution in [-0.2, 0) is 0 Å². The Morgan fingerprint density at radius 3 is 2.80 bits per heavy atom. The van der Waals surface area contributed by atoms with Gasteiger partial charge in [-0.1, -0.05) is 0 Å². The lowest BCUT2D eigenvalue weighted by atomic mass is 10.3. The maximum Gasteiger partial charge on any atom is 0.191 e. The second-order valence-electron chi connectivity index (χ2n) is 2.14. The lowest BCUT2D eigenvalue weighted by molar-refractivity contribution is -0.416.